The number of hydrogen-bond acceptors (Lipinski definition) is 3. The van der Waals surface area contributed by atoms with E-state index in [0.717, 1.165) is 32.2 Å². The lowest BCUT2D eigenvalue weighted by atomic mass is 9.90. The third-order valence-electron chi connectivity index (χ3n) is 2.94. The molecule has 0 aromatic carbocycles. The summed E-state index contributed by atoms with van der Waals surface area (Å²) < 4.78 is 0. The molecule has 0 heterocycles. The van der Waals surface area contributed by atoms with Gasteiger partial charge in [-0.15, -0.1) is 0 Å². The highest BCUT2D eigenvalue weighted by atomic mass is 16.3. The van der Waals surface area contributed by atoms with Gasteiger partial charge in [0.2, 0.25) is 0 Å². The summed E-state index contributed by atoms with van der Waals surface area (Å²) in [5.74, 6) is 0. The molecule has 1 fully saturated rings. The second kappa shape index (κ2) is 4.29. The fourth-order valence-electron chi connectivity index (χ4n) is 1.48. The number of nitrogens with one attached hydrogen (secondary N) is 1. The molecule has 1 aliphatic carbocycles. The van der Waals surface area contributed by atoms with Gasteiger partial charge in [0.25, 0.3) is 0 Å². The van der Waals surface area contributed by atoms with Gasteiger partial charge in [-0.2, -0.15) is 5.26 Å². The van der Waals surface area contributed by atoms with E-state index in [-0.39, 0.29) is 17.6 Å². The van der Waals surface area contributed by atoms with Crippen LogP contribution in [0.2, 0.25) is 0 Å². The lowest BCUT2D eigenvalue weighted by Gasteiger charge is -2.17. The maximum absolute atomic E-state index is 9.05. The van der Waals surface area contributed by atoms with E-state index < -0.39 is 0 Å². The van der Waals surface area contributed by atoms with Crippen molar-refractivity contribution in [2.24, 2.45) is 5.41 Å². The van der Waals surface area contributed by atoms with Gasteiger partial charge in [-0.25, -0.2) is 0 Å². The van der Waals surface area contributed by atoms with E-state index in [9.17, 15) is 0 Å². The Balaban J connectivity index is 2.09. The van der Waals surface area contributed by atoms with Crippen molar-refractivity contribution in [1.82, 2.24) is 5.32 Å². The largest absolute Gasteiger partial charge is 0.394 e. The molecule has 1 saturated carbocycles. The van der Waals surface area contributed by atoms with Crippen LogP contribution in [-0.2, 0) is 0 Å². The van der Waals surface area contributed by atoms with Crippen LogP contribution in [0.4, 0.5) is 0 Å². The van der Waals surface area contributed by atoms with Crippen molar-refractivity contribution in [3.8, 4) is 6.07 Å². The van der Waals surface area contributed by atoms with E-state index in [1.165, 1.54) is 0 Å². The average Bonchev–Trinajstić information content (AvgIpc) is 2.94. The van der Waals surface area contributed by atoms with Crippen molar-refractivity contribution < 1.29 is 5.11 Å². The number of aliphatic hydroxyl groups excluding tert-OH is 1. The summed E-state index contributed by atoms with van der Waals surface area (Å²) >= 11 is 0. The molecule has 2 N–H and O–H groups in total. The van der Waals surface area contributed by atoms with Gasteiger partial charge in [0.1, 0.15) is 0 Å². The Kier molecular flexibility index (Phi) is 3.52. The first-order chi connectivity index (χ1) is 6.54. The first-order valence-corrected chi connectivity index (χ1v) is 5.31. The normalized spacial score (nSPS) is 19.0. The molecule has 80 valence electrons. The molecule has 0 unspecified atom stereocenters. The Labute approximate surface area is 86.1 Å². The van der Waals surface area contributed by atoms with Gasteiger partial charge in [0.15, 0.2) is 0 Å². The molecule has 0 radical (unpaired) electrons. The van der Waals surface area contributed by atoms with E-state index in [1.807, 2.05) is 13.8 Å². The third-order valence-corrected chi connectivity index (χ3v) is 2.94. The standard InChI is InChI=1S/C11H20N2O/c1-10(2,8-12)4-3-7-13-11(9-14)5-6-11/h13-14H,3-7,9H2,1-2H3. The lowest BCUT2D eigenvalue weighted by molar-refractivity contribution is 0.229. The fraction of sp³-hybridized carbons (Fsp3) is 0.909. The number of aliphatic hydroxyl groups is 1. The van der Waals surface area contributed by atoms with Crippen LogP contribution in [0.3, 0.4) is 0 Å². The Morgan fingerprint density at radius 2 is 2.14 bits per heavy atom. The van der Waals surface area contributed by atoms with Crippen LogP contribution < -0.4 is 5.32 Å². The summed E-state index contributed by atoms with van der Waals surface area (Å²) in [6.45, 7) is 5.08. The highest BCUT2D eigenvalue weighted by Gasteiger charge is 2.41. The van der Waals surface area contributed by atoms with Gasteiger partial charge in [-0.05, 0) is 46.1 Å². The summed E-state index contributed by atoms with van der Waals surface area (Å²) in [5.41, 5.74) is -0.172. The van der Waals surface area contributed by atoms with E-state index in [2.05, 4.69) is 11.4 Å². The summed E-state index contributed by atoms with van der Waals surface area (Å²) in [4.78, 5) is 0. The predicted octanol–water partition coefficient (Wildman–Crippen LogP) is 1.43. The third kappa shape index (κ3) is 3.28. The second-order valence-electron chi connectivity index (χ2n) is 4.96. The molecule has 1 aliphatic rings. The van der Waals surface area contributed by atoms with Gasteiger partial charge in [-0.3, -0.25) is 0 Å². The molecule has 0 amide bonds. The number of hydrogen-bond donors (Lipinski definition) is 2. The molecule has 0 atom stereocenters. The first kappa shape index (κ1) is 11.5. The molecule has 0 bridgehead atoms. The molecule has 14 heavy (non-hydrogen) atoms. The van der Waals surface area contributed by atoms with E-state index >= 15 is 0 Å². The van der Waals surface area contributed by atoms with Crippen molar-refractivity contribution in [3.63, 3.8) is 0 Å². The van der Waals surface area contributed by atoms with Crippen LogP contribution in [0.5, 0.6) is 0 Å². The molecular weight excluding hydrogens is 176 g/mol. The topological polar surface area (TPSA) is 56.0 Å². The number of nitriles is 1. The molecule has 1 rings (SSSR count). The van der Waals surface area contributed by atoms with Crippen molar-refractivity contribution in [2.75, 3.05) is 13.2 Å². The lowest BCUT2D eigenvalue weighted by Crippen LogP contribution is -2.35. The maximum Gasteiger partial charge on any atom is 0.0683 e. The van der Waals surface area contributed by atoms with Crippen LogP contribution in [0, 0.1) is 16.7 Å². The average molecular weight is 196 g/mol. The van der Waals surface area contributed by atoms with Crippen LogP contribution in [0.1, 0.15) is 39.5 Å². The minimum absolute atomic E-state index is 0.0385. The monoisotopic (exact) mass is 196 g/mol. The Bertz CT molecular complexity index is 226. The fourth-order valence-corrected chi connectivity index (χ4v) is 1.48. The SMILES string of the molecule is CC(C)(C#N)CCCNC1(CO)CC1. The molecule has 3 nitrogen and oxygen atoms in total. The maximum atomic E-state index is 9.05. The molecule has 3 heteroatoms. The van der Waals surface area contributed by atoms with Crippen molar-refractivity contribution in [3.05, 3.63) is 0 Å². The van der Waals surface area contributed by atoms with Gasteiger partial charge in [-0.1, -0.05) is 0 Å². The zero-order valence-corrected chi connectivity index (χ0v) is 9.14. The van der Waals surface area contributed by atoms with Gasteiger partial charge in [0, 0.05) is 5.54 Å². The quantitative estimate of drug-likeness (QED) is 0.632. The minimum Gasteiger partial charge on any atom is -0.394 e. The van der Waals surface area contributed by atoms with Crippen molar-refractivity contribution >= 4 is 0 Å². The first-order valence-electron chi connectivity index (χ1n) is 5.31. The molecule has 0 aromatic rings. The second-order valence-corrected chi connectivity index (χ2v) is 4.96. The molecule has 0 aliphatic heterocycles. The van der Waals surface area contributed by atoms with Crippen LogP contribution in [0.15, 0.2) is 0 Å². The van der Waals surface area contributed by atoms with Gasteiger partial charge in [0.05, 0.1) is 18.1 Å². The highest BCUT2D eigenvalue weighted by Crippen LogP contribution is 2.34. The summed E-state index contributed by atoms with van der Waals surface area (Å²) in [7, 11) is 0. The summed E-state index contributed by atoms with van der Waals surface area (Å²) in [5, 5.41) is 21.2. The van der Waals surface area contributed by atoms with E-state index in [0.29, 0.717) is 0 Å². The van der Waals surface area contributed by atoms with Crippen molar-refractivity contribution in [2.45, 2.75) is 45.1 Å². The van der Waals surface area contributed by atoms with Crippen molar-refractivity contribution in [1.29, 1.82) is 5.26 Å². The van der Waals surface area contributed by atoms with Gasteiger partial charge >= 0.3 is 0 Å². The smallest absolute Gasteiger partial charge is 0.0683 e. The Morgan fingerprint density at radius 3 is 2.57 bits per heavy atom. The number of rotatable bonds is 6. The van der Waals surface area contributed by atoms with Crippen LogP contribution in [0.25, 0.3) is 0 Å². The van der Waals surface area contributed by atoms with Gasteiger partial charge < -0.3 is 10.4 Å². The molecular formula is C11H20N2O. The molecule has 0 saturated heterocycles. The van der Waals surface area contributed by atoms with E-state index in [4.69, 9.17) is 10.4 Å². The Morgan fingerprint density at radius 1 is 1.50 bits per heavy atom. The minimum atomic E-state index is -0.211. The molecule has 0 spiro atoms. The summed E-state index contributed by atoms with van der Waals surface area (Å²) in [6.07, 6.45) is 4.09. The van der Waals surface area contributed by atoms with Crippen LogP contribution in [-0.4, -0.2) is 23.8 Å². The zero-order chi connectivity index (χ0) is 10.7. The zero-order valence-electron chi connectivity index (χ0n) is 9.14. The number of nitrogens with zero attached hydrogens (tertiary/aromatic N) is 1. The summed E-state index contributed by atoms with van der Waals surface area (Å²) in [6, 6.07) is 2.29. The van der Waals surface area contributed by atoms with Crippen LogP contribution >= 0.6 is 0 Å². The van der Waals surface area contributed by atoms with E-state index in [1.54, 1.807) is 0 Å². The highest BCUT2D eigenvalue weighted by molar-refractivity contribution is 5.01. The molecule has 0 aromatic heterocycles. The predicted molar refractivity (Wildman–Crippen MR) is 55.7 cm³/mol. The Hall–Kier alpha value is -0.590.